The Morgan fingerprint density at radius 3 is 2.52 bits per heavy atom. The predicted octanol–water partition coefficient (Wildman–Crippen LogP) is 3.36. The van der Waals surface area contributed by atoms with E-state index in [4.69, 9.17) is 5.73 Å². The molecule has 146 valence electrons. The predicted molar refractivity (Wildman–Crippen MR) is 110 cm³/mol. The van der Waals surface area contributed by atoms with Crippen molar-refractivity contribution in [2.24, 2.45) is 0 Å². The van der Waals surface area contributed by atoms with Crippen molar-refractivity contribution >= 4 is 32.7 Å². The first-order chi connectivity index (χ1) is 13.9. The quantitative estimate of drug-likeness (QED) is 0.523. The summed E-state index contributed by atoms with van der Waals surface area (Å²) in [6.07, 6.45) is 3.08. The van der Waals surface area contributed by atoms with E-state index in [0.29, 0.717) is 27.7 Å². The van der Waals surface area contributed by atoms with Crippen LogP contribution in [0.15, 0.2) is 67.0 Å². The number of pyridine rings is 1. The first-order valence-corrected chi connectivity index (χ1v) is 10.3. The Balaban J connectivity index is 1.58. The van der Waals surface area contributed by atoms with E-state index in [2.05, 4.69) is 19.7 Å². The second kappa shape index (κ2) is 7.44. The maximum atomic E-state index is 14.6. The molecular weight excluding hydrogens is 393 g/mol. The highest BCUT2D eigenvalue weighted by Crippen LogP contribution is 2.26. The number of nitrogens with two attached hydrogens (primary N) is 1. The minimum Gasteiger partial charge on any atom is -0.368 e. The van der Waals surface area contributed by atoms with Gasteiger partial charge in [-0.15, -0.1) is 0 Å². The van der Waals surface area contributed by atoms with E-state index in [1.807, 2.05) is 0 Å². The van der Waals surface area contributed by atoms with Crippen molar-refractivity contribution < 1.29 is 12.8 Å². The molecule has 0 saturated carbocycles. The molecule has 0 atom stereocenters. The number of nitrogen functional groups attached to an aromatic ring is 1. The van der Waals surface area contributed by atoms with Crippen molar-refractivity contribution in [1.29, 1.82) is 0 Å². The van der Waals surface area contributed by atoms with Crippen LogP contribution >= 0.6 is 0 Å². The number of rotatable bonds is 5. The van der Waals surface area contributed by atoms with Crippen molar-refractivity contribution in [3.63, 3.8) is 0 Å². The Bertz CT molecular complexity index is 1300. The van der Waals surface area contributed by atoms with Crippen molar-refractivity contribution in [3.05, 3.63) is 78.4 Å². The summed E-state index contributed by atoms with van der Waals surface area (Å²) in [5.41, 5.74) is 7.66. The molecule has 7 nitrogen and oxygen atoms in total. The second-order valence-corrected chi connectivity index (χ2v) is 8.13. The minimum atomic E-state index is -3.75. The fourth-order valence-corrected chi connectivity index (χ4v) is 4.07. The fourth-order valence-electron chi connectivity index (χ4n) is 2.87. The van der Waals surface area contributed by atoms with Crippen molar-refractivity contribution in [2.75, 3.05) is 10.5 Å². The summed E-state index contributed by atoms with van der Waals surface area (Å²) >= 11 is 0. The first kappa shape index (κ1) is 18.8. The monoisotopic (exact) mass is 409 g/mol. The summed E-state index contributed by atoms with van der Waals surface area (Å²) in [6, 6.07) is 14.7. The summed E-state index contributed by atoms with van der Waals surface area (Å²) in [6.45, 7) is 0. The maximum absolute atomic E-state index is 14.6. The van der Waals surface area contributed by atoms with Crippen LogP contribution in [0.5, 0.6) is 0 Å². The third kappa shape index (κ3) is 4.30. The largest absolute Gasteiger partial charge is 0.368 e. The Morgan fingerprint density at radius 1 is 0.966 bits per heavy atom. The van der Waals surface area contributed by atoms with E-state index < -0.39 is 15.8 Å². The average Bonchev–Trinajstić information content (AvgIpc) is 2.69. The summed E-state index contributed by atoms with van der Waals surface area (Å²) in [4.78, 5) is 12.2. The zero-order valence-electron chi connectivity index (χ0n) is 15.1. The van der Waals surface area contributed by atoms with Gasteiger partial charge in [-0.3, -0.25) is 4.72 Å². The lowest BCUT2D eigenvalue weighted by Gasteiger charge is -2.10. The molecule has 0 radical (unpaired) electrons. The molecule has 0 aliphatic heterocycles. The van der Waals surface area contributed by atoms with Crippen molar-refractivity contribution in [1.82, 2.24) is 15.0 Å². The Morgan fingerprint density at radius 2 is 1.76 bits per heavy atom. The lowest BCUT2D eigenvalue weighted by molar-refractivity contribution is 0.598. The molecule has 0 saturated heterocycles. The van der Waals surface area contributed by atoms with Gasteiger partial charge >= 0.3 is 0 Å². The Labute approximate surface area is 166 Å². The van der Waals surface area contributed by atoms with Crippen LogP contribution in [0.1, 0.15) is 5.56 Å². The van der Waals surface area contributed by atoms with Gasteiger partial charge in [-0.25, -0.2) is 22.8 Å². The highest BCUT2D eigenvalue weighted by molar-refractivity contribution is 7.91. The molecule has 0 fully saturated rings. The topological polar surface area (TPSA) is 111 Å². The number of nitrogens with one attached hydrogen (secondary N) is 1. The molecule has 0 aliphatic carbocycles. The van der Waals surface area contributed by atoms with Crippen molar-refractivity contribution in [3.8, 4) is 11.1 Å². The molecule has 0 aliphatic rings. The van der Waals surface area contributed by atoms with Gasteiger partial charge in [0.2, 0.25) is 16.0 Å². The molecule has 0 unspecified atom stereocenters. The number of fused-ring (bicyclic) bond motifs is 1. The third-order valence-electron chi connectivity index (χ3n) is 4.22. The Hall–Kier alpha value is -3.59. The second-order valence-electron chi connectivity index (χ2n) is 6.41. The van der Waals surface area contributed by atoms with Gasteiger partial charge < -0.3 is 5.73 Å². The molecule has 2 aromatic heterocycles. The molecule has 0 bridgehead atoms. The van der Waals surface area contributed by atoms with E-state index in [1.54, 1.807) is 48.7 Å². The standard InChI is InChI=1S/C20H16FN5O2S/c21-17-9-14(15-8-16-11-24-20(22)25-19(16)23-10-15)6-7-18(17)26-29(27,28)12-13-4-2-1-3-5-13/h1-11,26H,12H2,(H2,22,23,24,25). The third-order valence-corrected chi connectivity index (χ3v) is 5.46. The van der Waals surface area contributed by atoms with Gasteiger partial charge in [0.1, 0.15) is 5.82 Å². The molecule has 4 rings (SSSR count). The number of sulfonamides is 1. The maximum Gasteiger partial charge on any atom is 0.237 e. The summed E-state index contributed by atoms with van der Waals surface area (Å²) in [5, 5.41) is 0.657. The highest BCUT2D eigenvalue weighted by Gasteiger charge is 2.15. The molecule has 0 amide bonds. The zero-order valence-corrected chi connectivity index (χ0v) is 15.9. The molecule has 29 heavy (non-hydrogen) atoms. The molecule has 3 N–H and O–H groups in total. The molecular formula is C20H16FN5O2S. The van der Waals surface area contributed by atoms with Gasteiger partial charge in [-0.05, 0) is 29.3 Å². The number of halogens is 1. The zero-order chi connectivity index (χ0) is 20.4. The van der Waals surface area contributed by atoms with Gasteiger partial charge in [-0.1, -0.05) is 36.4 Å². The van der Waals surface area contributed by atoms with Crippen LogP contribution < -0.4 is 10.5 Å². The van der Waals surface area contributed by atoms with E-state index >= 15 is 0 Å². The number of aromatic nitrogens is 3. The van der Waals surface area contributed by atoms with Gasteiger partial charge in [0.05, 0.1) is 11.4 Å². The molecule has 0 spiro atoms. The first-order valence-electron chi connectivity index (χ1n) is 8.62. The minimum absolute atomic E-state index is 0.116. The van der Waals surface area contributed by atoms with Crippen LogP contribution in [0.4, 0.5) is 16.0 Å². The van der Waals surface area contributed by atoms with E-state index in [-0.39, 0.29) is 17.4 Å². The van der Waals surface area contributed by atoms with E-state index in [1.165, 1.54) is 18.3 Å². The summed E-state index contributed by atoms with van der Waals surface area (Å²) in [5.74, 6) is -0.809. The smallest absolute Gasteiger partial charge is 0.237 e. The van der Waals surface area contributed by atoms with Gasteiger partial charge in [0.15, 0.2) is 5.65 Å². The van der Waals surface area contributed by atoms with Crippen LogP contribution in [0.25, 0.3) is 22.2 Å². The molecule has 9 heteroatoms. The number of nitrogens with zero attached hydrogens (tertiary/aromatic N) is 3. The van der Waals surface area contributed by atoms with Crippen LogP contribution in [-0.4, -0.2) is 23.4 Å². The summed E-state index contributed by atoms with van der Waals surface area (Å²) < 4.78 is 41.6. The number of benzene rings is 2. The van der Waals surface area contributed by atoms with E-state index in [0.717, 1.165) is 0 Å². The van der Waals surface area contributed by atoms with Crippen LogP contribution in [0.2, 0.25) is 0 Å². The fraction of sp³-hybridized carbons (Fsp3) is 0.0500. The number of hydrogen-bond donors (Lipinski definition) is 2. The van der Waals surface area contributed by atoms with E-state index in [9.17, 15) is 12.8 Å². The van der Waals surface area contributed by atoms with Gasteiger partial charge in [0.25, 0.3) is 0 Å². The van der Waals surface area contributed by atoms with Crippen LogP contribution in [0.3, 0.4) is 0 Å². The van der Waals surface area contributed by atoms with Gasteiger partial charge in [0, 0.05) is 23.3 Å². The lowest BCUT2D eigenvalue weighted by atomic mass is 10.1. The summed E-state index contributed by atoms with van der Waals surface area (Å²) in [7, 11) is -3.75. The average molecular weight is 409 g/mol. The normalized spacial score (nSPS) is 11.5. The number of hydrogen-bond acceptors (Lipinski definition) is 6. The highest BCUT2D eigenvalue weighted by atomic mass is 32.2. The molecule has 4 aromatic rings. The SMILES string of the molecule is Nc1ncc2cc(-c3ccc(NS(=O)(=O)Cc4ccccc4)c(F)c3)cnc2n1. The lowest BCUT2D eigenvalue weighted by Crippen LogP contribution is -2.16. The van der Waals surface area contributed by atoms with Crippen molar-refractivity contribution in [2.45, 2.75) is 5.75 Å². The Kier molecular flexibility index (Phi) is 4.81. The van der Waals surface area contributed by atoms with Gasteiger partial charge in [-0.2, -0.15) is 4.98 Å². The number of anilines is 2. The van der Waals surface area contributed by atoms with Crippen LogP contribution in [-0.2, 0) is 15.8 Å². The molecule has 2 aromatic carbocycles. The molecule has 2 heterocycles. The van der Waals surface area contributed by atoms with Crippen LogP contribution in [0, 0.1) is 5.82 Å².